The van der Waals surface area contributed by atoms with Crippen LogP contribution in [0.4, 0.5) is 0 Å². The van der Waals surface area contributed by atoms with Crippen LogP contribution >= 0.6 is 0 Å². The summed E-state index contributed by atoms with van der Waals surface area (Å²) in [6.45, 7) is 1.88. The highest BCUT2D eigenvalue weighted by Crippen LogP contribution is 2.26. The number of carbonyl (C=O) groups excluding carboxylic acids is 1. The lowest BCUT2D eigenvalue weighted by atomic mass is 9.87. The van der Waals surface area contributed by atoms with Gasteiger partial charge in [-0.3, -0.25) is 4.79 Å². The van der Waals surface area contributed by atoms with Crippen molar-refractivity contribution in [2.45, 2.75) is 57.9 Å². The van der Waals surface area contributed by atoms with Gasteiger partial charge in [-0.05, 0) is 25.7 Å². The maximum absolute atomic E-state index is 11.6. The summed E-state index contributed by atoms with van der Waals surface area (Å²) >= 11 is 0. The predicted molar refractivity (Wildman–Crippen MR) is 59.0 cm³/mol. The lowest BCUT2D eigenvalue weighted by Gasteiger charge is -2.21. The second-order valence-corrected chi connectivity index (χ2v) is 4.54. The molecule has 1 saturated carbocycles. The summed E-state index contributed by atoms with van der Waals surface area (Å²) in [5.41, 5.74) is 0. The quantitative estimate of drug-likeness (QED) is 0.771. The molecule has 0 saturated heterocycles. The number of amides is 1. The van der Waals surface area contributed by atoms with Gasteiger partial charge in [0.15, 0.2) is 0 Å². The molecule has 0 bridgehead atoms. The first-order valence-electron chi connectivity index (χ1n) is 5.88. The van der Waals surface area contributed by atoms with E-state index in [-0.39, 0.29) is 11.9 Å². The van der Waals surface area contributed by atoms with Gasteiger partial charge < -0.3 is 5.32 Å². The van der Waals surface area contributed by atoms with Crippen molar-refractivity contribution >= 4 is 5.91 Å². The van der Waals surface area contributed by atoms with Crippen molar-refractivity contribution in [3.8, 4) is 6.07 Å². The van der Waals surface area contributed by atoms with Crippen molar-refractivity contribution in [3.05, 3.63) is 0 Å². The van der Waals surface area contributed by atoms with E-state index in [2.05, 4.69) is 11.4 Å². The van der Waals surface area contributed by atoms with Crippen LogP contribution in [0.5, 0.6) is 0 Å². The van der Waals surface area contributed by atoms with Gasteiger partial charge in [0.05, 0.1) is 12.5 Å². The van der Waals surface area contributed by atoms with Gasteiger partial charge in [-0.2, -0.15) is 5.26 Å². The summed E-state index contributed by atoms with van der Waals surface area (Å²) in [6, 6.07) is 2.05. The van der Waals surface area contributed by atoms with E-state index in [1.165, 1.54) is 32.1 Å². The van der Waals surface area contributed by atoms with E-state index in [0.29, 0.717) is 18.8 Å². The monoisotopic (exact) mass is 208 g/mol. The van der Waals surface area contributed by atoms with Gasteiger partial charge in [-0.15, -0.1) is 0 Å². The summed E-state index contributed by atoms with van der Waals surface area (Å²) in [5.74, 6) is 0.692. The van der Waals surface area contributed by atoms with E-state index in [1.54, 1.807) is 0 Å². The van der Waals surface area contributed by atoms with Crippen molar-refractivity contribution < 1.29 is 4.79 Å². The average Bonchev–Trinajstić information content (AvgIpc) is 2.19. The molecule has 0 aromatic carbocycles. The molecule has 3 heteroatoms. The molecule has 0 spiro atoms. The lowest BCUT2D eigenvalue weighted by molar-refractivity contribution is -0.122. The Labute approximate surface area is 91.9 Å². The molecule has 1 rings (SSSR count). The standard InChI is InChI=1S/C12H20N2O/c1-10(7-8-13)14-12(15)9-11-5-3-2-4-6-11/h10-11H,2-7,9H2,1H3,(H,14,15). The van der Waals surface area contributed by atoms with E-state index in [9.17, 15) is 4.79 Å². The zero-order chi connectivity index (χ0) is 11.1. The van der Waals surface area contributed by atoms with Crippen LogP contribution < -0.4 is 5.32 Å². The Kier molecular flexibility index (Phi) is 5.17. The van der Waals surface area contributed by atoms with E-state index < -0.39 is 0 Å². The Morgan fingerprint density at radius 3 is 2.73 bits per heavy atom. The van der Waals surface area contributed by atoms with Gasteiger partial charge in [0.2, 0.25) is 5.91 Å². The first-order valence-corrected chi connectivity index (χ1v) is 5.88. The second kappa shape index (κ2) is 6.44. The number of hydrogen-bond donors (Lipinski definition) is 1. The first-order chi connectivity index (χ1) is 7.22. The number of hydrogen-bond acceptors (Lipinski definition) is 2. The molecule has 0 heterocycles. The fraction of sp³-hybridized carbons (Fsp3) is 0.833. The Morgan fingerprint density at radius 2 is 2.13 bits per heavy atom. The Morgan fingerprint density at radius 1 is 1.47 bits per heavy atom. The molecule has 1 atom stereocenters. The van der Waals surface area contributed by atoms with Crippen molar-refractivity contribution in [1.29, 1.82) is 5.26 Å². The number of nitriles is 1. The Bertz CT molecular complexity index is 238. The smallest absolute Gasteiger partial charge is 0.220 e. The van der Waals surface area contributed by atoms with Crippen molar-refractivity contribution in [2.75, 3.05) is 0 Å². The van der Waals surface area contributed by atoms with Crippen molar-refractivity contribution in [3.63, 3.8) is 0 Å². The molecular weight excluding hydrogens is 188 g/mol. The van der Waals surface area contributed by atoms with Crippen LogP contribution in [0, 0.1) is 17.2 Å². The molecule has 3 nitrogen and oxygen atoms in total. The molecule has 1 fully saturated rings. The summed E-state index contributed by atoms with van der Waals surface area (Å²) in [4.78, 5) is 11.6. The highest BCUT2D eigenvalue weighted by atomic mass is 16.1. The molecule has 15 heavy (non-hydrogen) atoms. The van der Waals surface area contributed by atoms with Crippen LogP contribution in [-0.4, -0.2) is 11.9 Å². The molecule has 1 N–H and O–H groups in total. The molecule has 0 aromatic rings. The molecule has 84 valence electrons. The fourth-order valence-corrected chi connectivity index (χ4v) is 2.18. The van der Waals surface area contributed by atoms with Crippen LogP contribution in [0.3, 0.4) is 0 Å². The van der Waals surface area contributed by atoms with Crippen LogP contribution in [0.1, 0.15) is 51.9 Å². The first kappa shape index (κ1) is 12.0. The maximum atomic E-state index is 11.6. The molecule has 1 amide bonds. The van der Waals surface area contributed by atoms with Gasteiger partial charge >= 0.3 is 0 Å². The summed E-state index contributed by atoms with van der Waals surface area (Å²) < 4.78 is 0. The predicted octanol–water partition coefficient (Wildman–Crippen LogP) is 2.38. The minimum atomic E-state index is -0.00825. The molecule has 1 unspecified atom stereocenters. The molecule has 1 aliphatic rings. The minimum Gasteiger partial charge on any atom is -0.353 e. The summed E-state index contributed by atoms with van der Waals surface area (Å²) in [6.07, 6.45) is 7.30. The zero-order valence-electron chi connectivity index (χ0n) is 9.46. The summed E-state index contributed by atoms with van der Waals surface area (Å²) in [7, 11) is 0. The highest BCUT2D eigenvalue weighted by Gasteiger charge is 2.17. The molecule has 0 aliphatic heterocycles. The van der Waals surface area contributed by atoms with Crippen molar-refractivity contribution in [1.82, 2.24) is 5.32 Å². The molecular formula is C12H20N2O. The number of rotatable bonds is 4. The summed E-state index contributed by atoms with van der Waals surface area (Å²) in [5, 5.41) is 11.3. The second-order valence-electron chi connectivity index (χ2n) is 4.54. The molecule has 0 aromatic heterocycles. The van der Waals surface area contributed by atoms with E-state index >= 15 is 0 Å². The fourth-order valence-electron chi connectivity index (χ4n) is 2.18. The van der Waals surface area contributed by atoms with Gasteiger partial charge in [0.25, 0.3) is 0 Å². The zero-order valence-corrected chi connectivity index (χ0v) is 9.46. The van der Waals surface area contributed by atoms with E-state index in [4.69, 9.17) is 5.26 Å². The normalized spacial score (nSPS) is 19.2. The Balaban J connectivity index is 2.20. The van der Waals surface area contributed by atoms with Crippen LogP contribution in [0.2, 0.25) is 0 Å². The maximum Gasteiger partial charge on any atom is 0.220 e. The third kappa shape index (κ3) is 4.83. The third-order valence-corrected chi connectivity index (χ3v) is 3.00. The minimum absolute atomic E-state index is 0.00825. The van der Waals surface area contributed by atoms with Gasteiger partial charge in [-0.25, -0.2) is 0 Å². The molecule has 0 radical (unpaired) electrons. The van der Waals surface area contributed by atoms with Crippen LogP contribution in [0.25, 0.3) is 0 Å². The number of nitrogens with one attached hydrogen (secondary N) is 1. The highest BCUT2D eigenvalue weighted by molar-refractivity contribution is 5.76. The van der Waals surface area contributed by atoms with Gasteiger partial charge in [0.1, 0.15) is 0 Å². The molecule has 1 aliphatic carbocycles. The van der Waals surface area contributed by atoms with E-state index in [1.807, 2.05) is 6.92 Å². The number of carbonyl (C=O) groups is 1. The van der Waals surface area contributed by atoms with Gasteiger partial charge in [-0.1, -0.05) is 19.3 Å². The van der Waals surface area contributed by atoms with Crippen LogP contribution in [-0.2, 0) is 4.79 Å². The average molecular weight is 208 g/mol. The lowest BCUT2D eigenvalue weighted by Crippen LogP contribution is -2.33. The SMILES string of the molecule is CC(CC#N)NC(=O)CC1CCCCC1. The third-order valence-electron chi connectivity index (χ3n) is 3.00. The van der Waals surface area contributed by atoms with E-state index in [0.717, 1.165) is 0 Å². The van der Waals surface area contributed by atoms with Gasteiger partial charge in [0, 0.05) is 12.5 Å². The number of nitrogens with zero attached hydrogens (tertiary/aromatic N) is 1. The van der Waals surface area contributed by atoms with Crippen molar-refractivity contribution in [2.24, 2.45) is 5.92 Å². The largest absolute Gasteiger partial charge is 0.353 e. The Hall–Kier alpha value is -1.04. The van der Waals surface area contributed by atoms with Crippen LogP contribution in [0.15, 0.2) is 0 Å². The topological polar surface area (TPSA) is 52.9 Å².